The number of rotatable bonds is 6. The molecule has 1 atom stereocenters. The van der Waals surface area contributed by atoms with Crippen LogP contribution in [0.4, 0.5) is 0 Å². The van der Waals surface area contributed by atoms with Crippen molar-refractivity contribution in [1.29, 1.82) is 0 Å². The molecule has 0 bridgehead atoms. The topological polar surface area (TPSA) is 24.9 Å². The molecule has 1 aromatic carbocycles. The highest BCUT2D eigenvalue weighted by Crippen LogP contribution is 2.06. The van der Waals surface area contributed by atoms with E-state index in [1.807, 2.05) is 13.0 Å². The molecule has 0 spiro atoms. The number of nitrogens with one attached hydrogen (secondary N) is 1. The number of hydrogen-bond acceptors (Lipinski definition) is 2. The molecule has 1 N–H and O–H groups in total. The standard InChI is InChI=1S/C17H22N2/c1-3-16(12-15-9-5-4-6-10-15)18-13-17-11-7-8-14(2)19-17/h4-11,16,18H,3,12-13H2,1-2H3. The van der Waals surface area contributed by atoms with Crippen molar-refractivity contribution in [3.63, 3.8) is 0 Å². The molecule has 0 radical (unpaired) electrons. The minimum atomic E-state index is 0.504. The van der Waals surface area contributed by atoms with Crippen LogP contribution in [-0.2, 0) is 13.0 Å². The molecule has 2 aromatic rings. The van der Waals surface area contributed by atoms with E-state index in [1.54, 1.807) is 0 Å². The van der Waals surface area contributed by atoms with Gasteiger partial charge in [-0.2, -0.15) is 0 Å². The monoisotopic (exact) mass is 254 g/mol. The molecule has 0 aliphatic carbocycles. The van der Waals surface area contributed by atoms with E-state index in [0.717, 1.165) is 30.8 Å². The Morgan fingerprint density at radius 3 is 2.53 bits per heavy atom. The van der Waals surface area contributed by atoms with Crippen LogP contribution in [0.2, 0.25) is 0 Å². The van der Waals surface area contributed by atoms with E-state index >= 15 is 0 Å². The van der Waals surface area contributed by atoms with Gasteiger partial charge >= 0.3 is 0 Å². The molecule has 1 aromatic heterocycles. The average Bonchev–Trinajstić information content (AvgIpc) is 2.44. The van der Waals surface area contributed by atoms with Crippen LogP contribution in [-0.4, -0.2) is 11.0 Å². The highest BCUT2D eigenvalue weighted by molar-refractivity contribution is 5.16. The molecule has 2 heteroatoms. The lowest BCUT2D eigenvalue weighted by atomic mass is 10.0. The Morgan fingerprint density at radius 2 is 1.84 bits per heavy atom. The fraction of sp³-hybridized carbons (Fsp3) is 0.353. The summed E-state index contributed by atoms with van der Waals surface area (Å²) < 4.78 is 0. The first-order valence-electron chi connectivity index (χ1n) is 6.97. The summed E-state index contributed by atoms with van der Waals surface area (Å²) in [5, 5.41) is 3.60. The third-order valence-electron chi connectivity index (χ3n) is 3.34. The van der Waals surface area contributed by atoms with Crippen molar-refractivity contribution in [1.82, 2.24) is 10.3 Å². The van der Waals surface area contributed by atoms with E-state index in [9.17, 15) is 0 Å². The summed E-state index contributed by atoms with van der Waals surface area (Å²) in [6.07, 6.45) is 2.20. The maximum Gasteiger partial charge on any atom is 0.0544 e. The Kier molecular flexibility index (Phi) is 5.10. The number of aromatic nitrogens is 1. The van der Waals surface area contributed by atoms with E-state index in [-0.39, 0.29) is 0 Å². The van der Waals surface area contributed by atoms with E-state index in [2.05, 4.69) is 59.7 Å². The summed E-state index contributed by atoms with van der Waals surface area (Å²) in [6.45, 7) is 5.10. The molecule has 2 nitrogen and oxygen atoms in total. The molecule has 0 saturated heterocycles. The van der Waals surface area contributed by atoms with Crippen LogP contribution >= 0.6 is 0 Å². The fourth-order valence-corrected chi connectivity index (χ4v) is 2.21. The van der Waals surface area contributed by atoms with Crippen LogP contribution in [0.3, 0.4) is 0 Å². The van der Waals surface area contributed by atoms with Gasteiger partial charge in [0.05, 0.1) is 5.69 Å². The Hall–Kier alpha value is -1.67. The van der Waals surface area contributed by atoms with Crippen molar-refractivity contribution in [3.8, 4) is 0 Å². The second kappa shape index (κ2) is 7.05. The second-order valence-electron chi connectivity index (χ2n) is 4.95. The number of aryl methyl sites for hydroxylation is 1. The maximum absolute atomic E-state index is 4.52. The van der Waals surface area contributed by atoms with Crippen LogP contribution < -0.4 is 5.32 Å². The third kappa shape index (κ3) is 4.49. The van der Waals surface area contributed by atoms with Crippen molar-refractivity contribution in [2.45, 2.75) is 39.3 Å². The lowest BCUT2D eigenvalue weighted by Gasteiger charge is -2.17. The number of nitrogens with zero attached hydrogens (tertiary/aromatic N) is 1. The first-order chi connectivity index (χ1) is 9.28. The van der Waals surface area contributed by atoms with E-state index in [1.165, 1.54) is 5.56 Å². The smallest absolute Gasteiger partial charge is 0.0544 e. The molecule has 0 aliphatic heterocycles. The number of hydrogen-bond donors (Lipinski definition) is 1. The normalized spacial score (nSPS) is 12.3. The molecule has 0 aliphatic rings. The van der Waals surface area contributed by atoms with Crippen molar-refractivity contribution in [3.05, 3.63) is 65.5 Å². The van der Waals surface area contributed by atoms with Crippen LogP contribution in [0.5, 0.6) is 0 Å². The minimum absolute atomic E-state index is 0.504. The van der Waals surface area contributed by atoms with Gasteiger partial charge in [0.25, 0.3) is 0 Å². The van der Waals surface area contributed by atoms with Gasteiger partial charge in [-0.1, -0.05) is 43.3 Å². The summed E-state index contributed by atoms with van der Waals surface area (Å²) >= 11 is 0. The summed E-state index contributed by atoms with van der Waals surface area (Å²) in [5.41, 5.74) is 3.58. The number of pyridine rings is 1. The zero-order valence-electron chi connectivity index (χ0n) is 11.8. The zero-order chi connectivity index (χ0) is 13.5. The number of benzene rings is 1. The quantitative estimate of drug-likeness (QED) is 0.853. The average molecular weight is 254 g/mol. The largest absolute Gasteiger partial charge is 0.308 e. The van der Waals surface area contributed by atoms with Crippen molar-refractivity contribution < 1.29 is 0 Å². The van der Waals surface area contributed by atoms with Gasteiger partial charge in [-0.25, -0.2) is 0 Å². The van der Waals surface area contributed by atoms with Gasteiger partial charge in [0.1, 0.15) is 0 Å². The lowest BCUT2D eigenvalue weighted by Crippen LogP contribution is -2.30. The van der Waals surface area contributed by atoms with Crippen molar-refractivity contribution in [2.75, 3.05) is 0 Å². The highest BCUT2D eigenvalue weighted by Gasteiger charge is 2.07. The molecule has 2 rings (SSSR count). The molecule has 19 heavy (non-hydrogen) atoms. The molecular weight excluding hydrogens is 232 g/mol. The van der Waals surface area contributed by atoms with Gasteiger partial charge in [-0.05, 0) is 37.5 Å². The lowest BCUT2D eigenvalue weighted by molar-refractivity contribution is 0.490. The molecular formula is C17H22N2. The van der Waals surface area contributed by atoms with Crippen LogP contribution in [0.1, 0.15) is 30.3 Å². The Labute approximate surface area is 115 Å². The van der Waals surface area contributed by atoms with E-state index in [0.29, 0.717) is 6.04 Å². The fourth-order valence-electron chi connectivity index (χ4n) is 2.21. The molecule has 1 heterocycles. The Balaban J connectivity index is 1.89. The van der Waals surface area contributed by atoms with Crippen LogP contribution in [0, 0.1) is 6.92 Å². The van der Waals surface area contributed by atoms with Crippen molar-refractivity contribution in [2.24, 2.45) is 0 Å². The van der Waals surface area contributed by atoms with Crippen molar-refractivity contribution >= 4 is 0 Å². The summed E-state index contributed by atoms with van der Waals surface area (Å²) in [6, 6.07) is 17.3. The minimum Gasteiger partial charge on any atom is -0.308 e. The molecule has 0 fully saturated rings. The van der Waals surface area contributed by atoms with Gasteiger partial charge in [-0.15, -0.1) is 0 Å². The molecule has 100 valence electrons. The molecule has 1 unspecified atom stereocenters. The van der Waals surface area contributed by atoms with Crippen LogP contribution in [0.25, 0.3) is 0 Å². The molecule has 0 amide bonds. The Morgan fingerprint density at radius 1 is 1.05 bits per heavy atom. The summed E-state index contributed by atoms with van der Waals surface area (Å²) in [5.74, 6) is 0. The predicted octanol–water partition coefficient (Wildman–Crippen LogP) is 3.50. The highest BCUT2D eigenvalue weighted by atomic mass is 14.9. The first-order valence-corrected chi connectivity index (χ1v) is 6.97. The van der Waals surface area contributed by atoms with Gasteiger partial charge in [0.2, 0.25) is 0 Å². The van der Waals surface area contributed by atoms with E-state index < -0.39 is 0 Å². The first kappa shape index (κ1) is 13.8. The predicted molar refractivity (Wildman–Crippen MR) is 80.0 cm³/mol. The van der Waals surface area contributed by atoms with Gasteiger partial charge in [-0.3, -0.25) is 4.98 Å². The zero-order valence-corrected chi connectivity index (χ0v) is 11.8. The SMILES string of the molecule is CCC(Cc1ccccc1)NCc1cccc(C)n1. The maximum atomic E-state index is 4.52. The van der Waals surface area contributed by atoms with E-state index in [4.69, 9.17) is 0 Å². The van der Waals surface area contributed by atoms with Gasteiger partial charge < -0.3 is 5.32 Å². The van der Waals surface area contributed by atoms with Crippen LogP contribution in [0.15, 0.2) is 48.5 Å². The van der Waals surface area contributed by atoms with Gasteiger partial charge in [0, 0.05) is 18.3 Å². The summed E-state index contributed by atoms with van der Waals surface area (Å²) in [4.78, 5) is 4.52. The molecule has 0 saturated carbocycles. The summed E-state index contributed by atoms with van der Waals surface area (Å²) in [7, 11) is 0. The Bertz CT molecular complexity index is 494. The van der Waals surface area contributed by atoms with Gasteiger partial charge in [0.15, 0.2) is 0 Å². The second-order valence-corrected chi connectivity index (χ2v) is 4.95. The third-order valence-corrected chi connectivity index (χ3v) is 3.34.